The fraction of sp³-hybridized carbons (Fsp3) is 0.389. The number of rotatable bonds is 6. The van der Waals surface area contributed by atoms with Gasteiger partial charge in [-0.1, -0.05) is 11.8 Å². The highest BCUT2D eigenvalue weighted by molar-refractivity contribution is 7.99. The van der Waals surface area contributed by atoms with E-state index in [9.17, 15) is 4.79 Å². The van der Waals surface area contributed by atoms with Crippen LogP contribution in [0, 0.1) is 0 Å². The van der Waals surface area contributed by atoms with E-state index in [1.54, 1.807) is 14.2 Å². The summed E-state index contributed by atoms with van der Waals surface area (Å²) in [7, 11) is 3.19. The monoisotopic (exact) mass is 361 g/mol. The summed E-state index contributed by atoms with van der Waals surface area (Å²) in [5.74, 6) is 1.58. The highest BCUT2D eigenvalue weighted by Gasteiger charge is 2.14. The Morgan fingerprint density at radius 1 is 1.08 bits per heavy atom. The van der Waals surface area contributed by atoms with Crippen LogP contribution >= 0.6 is 11.8 Å². The van der Waals surface area contributed by atoms with Crippen LogP contribution in [-0.4, -0.2) is 41.6 Å². The molecule has 0 fully saturated rings. The zero-order chi connectivity index (χ0) is 18.4. The molecule has 0 unspecified atom stereocenters. The van der Waals surface area contributed by atoms with Gasteiger partial charge in [-0.3, -0.25) is 4.79 Å². The van der Waals surface area contributed by atoms with Crippen LogP contribution < -0.4 is 14.8 Å². The van der Waals surface area contributed by atoms with Gasteiger partial charge >= 0.3 is 0 Å². The molecule has 1 N–H and O–H groups in total. The Hall–Kier alpha value is -2.28. The number of benzene rings is 1. The van der Waals surface area contributed by atoms with Gasteiger partial charge in [0.25, 0.3) is 0 Å². The summed E-state index contributed by atoms with van der Waals surface area (Å²) in [6.45, 7) is 5.86. The molecule has 6 nitrogen and oxygen atoms in total. The third kappa shape index (κ3) is 5.63. The molecule has 0 saturated carbocycles. The van der Waals surface area contributed by atoms with E-state index in [2.05, 4.69) is 15.5 Å². The SMILES string of the molecule is COc1ccc(-c2ccc(SCC(=O)NC(C)(C)C)nn2)cc1OC. The Bertz CT molecular complexity index is 727. The van der Waals surface area contributed by atoms with Gasteiger partial charge in [0.1, 0.15) is 5.03 Å². The Morgan fingerprint density at radius 3 is 2.36 bits per heavy atom. The first kappa shape index (κ1) is 19.1. The minimum Gasteiger partial charge on any atom is -0.493 e. The maximum Gasteiger partial charge on any atom is 0.230 e. The van der Waals surface area contributed by atoms with E-state index in [1.807, 2.05) is 51.1 Å². The molecule has 0 aliphatic carbocycles. The lowest BCUT2D eigenvalue weighted by atomic mass is 10.1. The number of carbonyl (C=O) groups excluding carboxylic acids is 1. The first-order valence-corrected chi connectivity index (χ1v) is 8.81. The molecule has 1 heterocycles. The topological polar surface area (TPSA) is 73.3 Å². The lowest BCUT2D eigenvalue weighted by molar-refractivity contribution is -0.119. The number of hydrogen-bond acceptors (Lipinski definition) is 6. The van der Waals surface area contributed by atoms with Gasteiger partial charge in [-0.15, -0.1) is 10.2 Å². The third-order valence-corrected chi connectivity index (χ3v) is 4.10. The van der Waals surface area contributed by atoms with Crippen molar-refractivity contribution in [3.05, 3.63) is 30.3 Å². The van der Waals surface area contributed by atoms with Crippen molar-refractivity contribution in [2.45, 2.75) is 31.3 Å². The molecule has 2 rings (SSSR count). The average molecular weight is 361 g/mol. The van der Waals surface area contributed by atoms with E-state index >= 15 is 0 Å². The standard InChI is InChI=1S/C18H23N3O3S/c1-18(2,3)19-16(22)11-25-17-9-7-13(20-21-17)12-6-8-14(23-4)15(10-12)24-5/h6-10H,11H2,1-5H3,(H,19,22). The highest BCUT2D eigenvalue weighted by Crippen LogP contribution is 2.31. The second-order valence-corrected chi connectivity index (χ2v) is 7.41. The minimum atomic E-state index is -0.236. The van der Waals surface area contributed by atoms with Gasteiger partial charge in [0.15, 0.2) is 11.5 Å². The molecule has 0 radical (unpaired) electrons. The number of amides is 1. The van der Waals surface area contributed by atoms with E-state index in [0.717, 1.165) is 11.3 Å². The molecule has 0 aliphatic heterocycles. The fourth-order valence-electron chi connectivity index (χ4n) is 2.14. The number of aromatic nitrogens is 2. The first-order valence-electron chi connectivity index (χ1n) is 7.82. The lowest BCUT2D eigenvalue weighted by Crippen LogP contribution is -2.41. The van der Waals surface area contributed by atoms with Crippen LogP contribution in [-0.2, 0) is 4.79 Å². The Balaban J connectivity index is 2.04. The van der Waals surface area contributed by atoms with Gasteiger partial charge in [0.2, 0.25) is 5.91 Å². The van der Waals surface area contributed by atoms with Crippen LogP contribution in [0.1, 0.15) is 20.8 Å². The van der Waals surface area contributed by atoms with Crippen molar-refractivity contribution in [1.82, 2.24) is 15.5 Å². The molecule has 1 amide bonds. The van der Waals surface area contributed by atoms with E-state index in [0.29, 0.717) is 22.3 Å². The lowest BCUT2D eigenvalue weighted by Gasteiger charge is -2.20. The van der Waals surface area contributed by atoms with Gasteiger partial charge in [0.05, 0.1) is 25.7 Å². The molecule has 1 aromatic heterocycles. The first-order chi connectivity index (χ1) is 11.8. The number of thioether (sulfide) groups is 1. The van der Waals surface area contributed by atoms with Crippen molar-refractivity contribution in [1.29, 1.82) is 0 Å². The number of carbonyl (C=O) groups is 1. The molecule has 0 aliphatic rings. The predicted molar refractivity (Wildman–Crippen MR) is 99.2 cm³/mol. The van der Waals surface area contributed by atoms with Gasteiger partial charge < -0.3 is 14.8 Å². The summed E-state index contributed by atoms with van der Waals surface area (Å²) in [5.41, 5.74) is 1.37. The van der Waals surface area contributed by atoms with E-state index in [-0.39, 0.29) is 11.4 Å². The zero-order valence-corrected chi connectivity index (χ0v) is 15.9. The minimum absolute atomic E-state index is 0.0248. The Kier molecular flexibility index (Phi) is 6.25. The number of hydrogen-bond donors (Lipinski definition) is 1. The molecule has 0 atom stereocenters. The molecule has 0 saturated heterocycles. The van der Waals surface area contributed by atoms with Gasteiger partial charge in [-0.25, -0.2) is 0 Å². The van der Waals surface area contributed by atoms with E-state index in [1.165, 1.54) is 11.8 Å². The van der Waals surface area contributed by atoms with Crippen LogP contribution in [0.2, 0.25) is 0 Å². The number of ether oxygens (including phenoxy) is 2. The van der Waals surface area contributed by atoms with Crippen LogP contribution in [0.4, 0.5) is 0 Å². The molecule has 2 aromatic rings. The van der Waals surface area contributed by atoms with Crippen molar-refractivity contribution >= 4 is 17.7 Å². The average Bonchev–Trinajstić information content (AvgIpc) is 2.58. The molecule has 0 bridgehead atoms. The molecule has 1 aromatic carbocycles. The molecule has 0 spiro atoms. The van der Waals surface area contributed by atoms with Gasteiger partial charge in [-0.2, -0.15) is 0 Å². The third-order valence-electron chi connectivity index (χ3n) is 3.18. The van der Waals surface area contributed by atoms with Crippen LogP contribution in [0.3, 0.4) is 0 Å². The second kappa shape index (κ2) is 8.20. The van der Waals surface area contributed by atoms with Crippen molar-refractivity contribution in [3.8, 4) is 22.8 Å². The highest BCUT2D eigenvalue weighted by atomic mass is 32.2. The Labute approximate surface area is 152 Å². The van der Waals surface area contributed by atoms with Gasteiger partial charge in [0, 0.05) is 11.1 Å². The largest absolute Gasteiger partial charge is 0.493 e. The zero-order valence-electron chi connectivity index (χ0n) is 15.1. The molecule has 134 valence electrons. The number of nitrogens with one attached hydrogen (secondary N) is 1. The molecular weight excluding hydrogens is 338 g/mol. The fourth-order valence-corrected chi connectivity index (χ4v) is 2.75. The van der Waals surface area contributed by atoms with Crippen LogP contribution in [0.15, 0.2) is 35.4 Å². The smallest absolute Gasteiger partial charge is 0.230 e. The maximum absolute atomic E-state index is 11.8. The van der Waals surface area contributed by atoms with E-state index < -0.39 is 0 Å². The quantitative estimate of drug-likeness (QED) is 0.797. The molecular formula is C18H23N3O3S. The van der Waals surface area contributed by atoms with Crippen molar-refractivity contribution < 1.29 is 14.3 Å². The second-order valence-electron chi connectivity index (χ2n) is 6.41. The van der Waals surface area contributed by atoms with Crippen molar-refractivity contribution in [3.63, 3.8) is 0 Å². The van der Waals surface area contributed by atoms with Gasteiger partial charge in [-0.05, 0) is 51.1 Å². The van der Waals surface area contributed by atoms with Crippen molar-refractivity contribution in [2.75, 3.05) is 20.0 Å². The summed E-state index contributed by atoms with van der Waals surface area (Å²) in [6.07, 6.45) is 0. The summed E-state index contributed by atoms with van der Waals surface area (Å²) >= 11 is 1.36. The van der Waals surface area contributed by atoms with E-state index in [4.69, 9.17) is 9.47 Å². The normalized spacial score (nSPS) is 11.1. The van der Waals surface area contributed by atoms with Crippen molar-refractivity contribution in [2.24, 2.45) is 0 Å². The Morgan fingerprint density at radius 2 is 1.80 bits per heavy atom. The molecule has 7 heteroatoms. The number of methoxy groups -OCH3 is 2. The maximum atomic E-state index is 11.8. The summed E-state index contributed by atoms with van der Waals surface area (Å²) in [6, 6.07) is 9.31. The van der Waals surface area contributed by atoms with Crippen LogP contribution in [0.5, 0.6) is 11.5 Å². The number of nitrogens with zero attached hydrogens (tertiary/aromatic N) is 2. The predicted octanol–water partition coefficient (Wildman–Crippen LogP) is 3.17. The summed E-state index contributed by atoms with van der Waals surface area (Å²) < 4.78 is 10.5. The molecule has 25 heavy (non-hydrogen) atoms. The summed E-state index contributed by atoms with van der Waals surface area (Å²) in [4.78, 5) is 11.8. The summed E-state index contributed by atoms with van der Waals surface area (Å²) in [5, 5.41) is 12.0. The van der Waals surface area contributed by atoms with Crippen LogP contribution in [0.25, 0.3) is 11.3 Å².